The number of pyridine rings is 1. The first-order valence-electron chi connectivity index (χ1n) is 9.26. The summed E-state index contributed by atoms with van der Waals surface area (Å²) < 4.78 is 0. The number of rotatable bonds is 6. The number of phenols is 1. The van der Waals surface area contributed by atoms with E-state index in [0.717, 1.165) is 35.2 Å². The Bertz CT molecular complexity index is 977. The van der Waals surface area contributed by atoms with Gasteiger partial charge in [-0.15, -0.1) is 0 Å². The van der Waals surface area contributed by atoms with Gasteiger partial charge in [0.05, 0.1) is 11.7 Å². The highest BCUT2D eigenvalue weighted by atomic mass is 16.3. The van der Waals surface area contributed by atoms with Crippen LogP contribution in [0.5, 0.6) is 5.75 Å². The molecule has 2 aromatic carbocycles. The Kier molecular flexibility index (Phi) is 5.60. The molecular weight excluding hydrogens is 336 g/mol. The molecule has 5 heteroatoms. The molecule has 0 aliphatic rings. The van der Waals surface area contributed by atoms with Gasteiger partial charge >= 0.3 is 0 Å². The fourth-order valence-corrected chi connectivity index (χ4v) is 3.16. The number of benzene rings is 2. The van der Waals surface area contributed by atoms with Gasteiger partial charge in [-0.05, 0) is 63.6 Å². The first kappa shape index (κ1) is 18.7. The Morgan fingerprint density at radius 1 is 1.07 bits per heavy atom. The molecule has 0 saturated heterocycles. The molecule has 0 aliphatic carbocycles. The van der Waals surface area contributed by atoms with Gasteiger partial charge in [0, 0.05) is 35.8 Å². The predicted octanol–water partition coefficient (Wildman–Crippen LogP) is 4.85. The summed E-state index contributed by atoms with van der Waals surface area (Å²) in [4.78, 5) is 6.78. The summed E-state index contributed by atoms with van der Waals surface area (Å²) in [6.07, 6.45) is 1.61. The summed E-state index contributed by atoms with van der Waals surface area (Å²) in [7, 11) is 0. The second kappa shape index (κ2) is 8.08. The molecule has 3 rings (SSSR count). The number of hydrazone groups is 1. The van der Waals surface area contributed by atoms with Crippen molar-refractivity contribution in [2.75, 3.05) is 23.4 Å². The van der Waals surface area contributed by atoms with Crippen molar-refractivity contribution in [1.82, 2.24) is 4.98 Å². The Labute approximate surface area is 160 Å². The van der Waals surface area contributed by atoms with Gasteiger partial charge in [0.15, 0.2) is 0 Å². The second-order valence-electron chi connectivity index (χ2n) is 6.63. The highest BCUT2D eigenvalue weighted by molar-refractivity contribution is 5.86. The highest BCUT2D eigenvalue weighted by Gasteiger charge is 2.06. The van der Waals surface area contributed by atoms with E-state index >= 15 is 0 Å². The molecule has 0 atom stereocenters. The quantitative estimate of drug-likeness (QED) is 0.486. The number of anilines is 2. The average Bonchev–Trinajstić information content (AvgIpc) is 2.65. The van der Waals surface area contributed by atoms with Crippen LogP contribution < -0.4 is 10.3 Å². The third-order valence-electron chi connectivity index (χ3n) is 4.70. The van der Waals surface area contributed by atoms with E-state index in [-0.39, 0.29) is 5.75 Å². The Morgan fingerprint density at radius 2 is 1.85 bits per heavy atom. The summed E-state index contributed by atoms with van der Waals surface area (Å²) in [5, 5.41) is 15.7. The second-order valence-corrected chi connectivity index (χ2v) is 6.63. The predicted molar refractivity (Wildman–Crippen MR) is 114 cm³/mol. The van der Waals surface area contributed by atoms with Crippen LogP contribution in [-0.4, -0.2) is 29.4 Å². The van der Waals surface area contributed by atoms with Crippen LogP contribution in [0.25, 0.3) is 10.9 Å². The molecule has 2 N–H and O–H groups in total. The molecule has 0 radical (unpaired) electrons. The van der Waals surface area contributed by atoms with Gasteiger partial charge in [0.1, 0.15) is 11.6 Å². The zero-order valence-corrected chi connectivity index (χ0v) is 16.3. The molecule has 3 aromatic rings. The van der Waals surface area contributed by atoms with Crippen molar-refractivity contribution < 1.29 is 5.11 Å². The maximum absolute atomic E-state index is 10.3. The average molecular weight is 362 g/mol. The van der Waals surface area contributed by atoms with Crippen molar-refractivity contribution in [1.29, 1.82) is 0 Å². The fraction of sp³-hybridized carbons (Fsp3) is 0.273. The lowest BCUT2D eigenvalue weighted by Crippen LogP contribution is -2.21. The van der Waals surface area contributed by atoms with E-state index in [9.17, 15) is 5.11 Å². The number of hydrogen-bond acceptors (Lipinski definition) is 5. The summed E-state index contributed by atoms with van der Waals surface area (Å²) in [5.41, 5.74) is 7.93. The molecule has 0 spiro atoms. The molecule has 1 heterocycles. The Balaban J connectivity index is 1.77. The summed E-state index contributed by atoms with van der Waals surface area (Å²) in [6.45, 7) is 10.1. The molecule has 5 nitrogen and oxygen atoms in total. The molecule has 0 saturated carbocycles. The van der Waals surface area contributed by atoms with E-state index in [1.165, 1.54) is 5.56 Å². The lowest BCUT2D eigenvalue weighted by atomic mass is 10.1. The first-order valence-corrected chi connectivity index (χ1v) is 9.26. The summed E-state index contributed by atoms with van der Waals surface area (Å²) in [5.74, 6) is 0.891. The minimum absolute atomic E-state index is 0.211. The van der Waals surface area contributed by atoms with Gasteiger partial charge in [-0.3, -0.25) is 5.43 Å². The maximum Gasteiger partial charge on any atom is 0.147 e. The van der Waals surface area contributed by atoms with Crippen molar-refractivity contribution in [3.8, 4) is 5.75 Å². The number of hydrogen-bond donors (Lipinski definition) is 2. The summed E-state index contributed by atoms with van der Waals surface area (Å²) in [6, 6.07) is 13.8. The van der Waals surface area contributed by atoms with E-state index in [2.05, 4.69) is 60.2 Å². The normalized spacial score (nSPS) is 11.3. The largest absolute Gasteiger partial charge is 0.507 e. The standard InChI is InChI=1S/C22H26N4O/c1-5-26(6-2)18-9-8-17(21(27)13-18)14-23-25-22-12-16(4)19-11-15(3)7-10-20(19)24-22/h7-14,27H,5-6H2,1-4H3,(H,24,25)/b23-14-. The van der Waals surface area contributed by atoms with Crippen LogP contribution in [0, 0.1) is 13.8 Å². The minimum atomic E-state index is 0.211. The zero-order valence-electron chi connectivity index (χ0n) is 16.3. The molecule has 0 bridgehead atoms. The third kappa shape index (κ3) is 4.19. The van der Waals surface area contributed by atoms with Crippen molar-refractivity contribution in [3.05, 3.63) is 59.2 Å². The van der Waals surface area contributed by atoms with Gasteiger partial charge in [-0.25, -0.2) is 4.98 Å². The number of aryl methyl sites for hydroxylation is 2. The lowest BCUT2D eigenvalue weighted by molar-refractivity contribution is 0.474. The Hall–Kier alpha value is -3.08. The zero-order chi connectivity index (χ0) is 19.4. The van der Waals surface area contributed by atoms with Gasteiger partial charge in [0.25, 0.3) is 0 Å². The van der Waals surface area contributed by atoms with E-state index in [1.54, 1.807) is 12.3 Å². The molecule has 1 aromatic heterocycles. The van der Waals surface area contributed by atoms with E-state index in [0.29, 0.717) is 11.4 Å². The topological polar surface area (TPSA) is 60.8 Å². The van der Waals surface area contributed by atoms with E-state index in [4.69, 9.17) is 0 Å². The van der Waals surface area contributed by atoms with Crippen molar-refractivity contribution in [2.24, 2.45) is 5.10 Å². The molecule has 0 aliphatic heterocycles. The first-order chi connectivity index (χ1) is 13.0. The molecule has 0 fully saturated rings. The van der Waals surface area contributed by atoms with Crippen LogP contribution in [0.1, 0.15) is 30.5 Å². The third-order valence-corrected chi connectivity index (χ3v) is 4.70. The van der Waals surface area contributed by atoms with Gasteiger partial charge in [-0.1, -0.05) is 11.6 Å². The van der Waals surface area contributed by atoms with Crippen LogP contribution in [0.15, 0.2) is 47.6 Å². The van der Waals surface area contributed by atoms with Crippen LogP contribution >= 0.6 is 0 Å². The van der Waals surface area contributed by atoms with Gasteiger partial charge in [0.2, 0.25) is 0 Å². The van der Waals surface area contributed by atoms with Crippen LogP contribution in [0.2, 0.25) is 0 Å². The van der Waals surface area contributed by atoms with Crippen molar-refractivity contribution in [2.45, 2.75) is 27.7 Å². The number of nitrogens with one attached hydrogen (secondary N) is 1. The molecule has 0 unspecified atom stereocenters. The summed E-state index contributed by atoms with van der Waals surface area (Å²) >= 11 is 0. The number of fused-ring (bicyclic) bond motifs is 1. The number of phenolic OH excluding ortho intramolecular Hbond substituents is 1. The van der Waals surface area contributed by atoms with Gasteiger partial charge in [-0.2, -0.15) is 5.10 Å². The monoisotopic (exact) mass is 362 g/mol. The number of aromatic nitrogens is 1. The molecule has 140 valence electrons. The van der Waals surface area contributed by atoms with E-state index < -0.39 is 0 Å². The lowest BCUT2D eigenvalue weighted by Gasteiger charge is -2.21. The number of nitrogens with zero attached hydrogens (tertiary/aromatic N) is 3. The van der Waals surface area contributed by atoms with Crippen molar-refractivity contribution in [3.63, 3.8) is 0 Å². The van der Waals surface area contributed by atoms with Gasteiger partial charge < -0.3 is 10.0 Å². The van der Waals surface area contributed by atoms with Crippen LogP contribution in [0.3, 0.4) is 0 Å². The SMILES string of the molecule is CCN(CC)c1ccc(/C=N\Nc2cc(C)c3cc(C)ccc3n2)c(O)c1. The fourth-order valence-electron chi connectivity index (χ4n) is 3.16. The van der Waals surface area contributed by atoms with E-state index in [1.807, 2.05) is 24.3 Å². The van der Waals surface area contributed by atoms with Crippen LogP contribution in [0.4, 0.5) is 11.5 Å². The maximum atomic E-state index is 10.3. The molecule has 0 amide bonds. The molecular formula is C22H26N4O. The minimum Gasteiger partial charge on any atom is -0.507 e. The van der Waals surface area contributed by atoms with Crippen LogP contribution in [-0.2, 0) is 0 Å². The van der Waals surface area contributed by atoms with Crippen molar-refractivity contribution >= 4 is 28.6 Å². The smallest absolute Gasteiger partial charge is 0.147 e. The molecule has 27 heavy (non-hydrogen) atoms. The highest BCUT2D eigenvalue weighted by Crippen LogP contribution is 2.24. The number of aromatic hydroxyl groups is 1. The Morgan fingerprint density at radius 3 is 2.56 bits per heavy atom.